The Balaban J connectivity index is 1.73. The van der Waals surface area contributed by atoms with Gasteiger partial charge in [0.25, 0.3) is 0 Å². The van der Waals surface area contributed by atoms with Crippen LogP contribution in [0.15, 0.2) is 30.3 Å². The molecule has 4 rings (SSSR count). The van der Waals surface area contributed by atoms with Gasteiger partial charge >= 0.3 is 0 Å². The molecule has 6 N–H and O–H groups in total. The zero-order chi connectivity index (χ0) is 25.3. The first-order valence-electron chi connectivity index (χ1n) is 11.4. The number of fused-ring (bicyclic) bond motifs is 1. The van der Waals surface area contributed by atoms with Crippen LogP contribution in [0.1, 0.15) is 22.6 Å². The molecule has 35 heavy (non-hydrogen) atoms. The number of hydrogen-bond acceptors (Lipinski definition) is 10. The van der Waals surface area contributed by atoms with E-state index in [0.717, 1.165) is 16.7 Å². The second-order valence-corrected chi connectivity index (χ2v) is 9.03. The van der Waals surface area contributed by atoms with Crippen molar-refractivity contribution in [2.45, 2.75) is 36.9 Å². The van der Waals surface area contributed by atoms with Crippen LogP contribution in [0.3, 0.4) is 0 Å². The van der Waals surface area contributed by atoms with Crippen molar-refractivity contribution in [3.05, 3.63) is 47.0 Å². The quantitative estimate of drug-likeness (QED) is 0.321. The first-order chi connectivity index (χ1) is 16.8. The number of aliphatic hydroxyl groups is 4. The first kappa shape index (κ1) is 25.5. The average molecular weight is 493 g/mol. The van der Waals surface area contributed by atoms with Crippen LogP contribution >= 0.6 is 0 Å². The SMILES string of the molecule is COc1cc([C@@H]2c3cc(O)c(OC)cc3C[C@H](CO)[C@H]2CO[C@@H]2OC[C@@H](O)[C@H](O)[C@H]2O)ccc1O. The van der Waals surface area contributed by atoms with Crippen LogP contribution in [0.5, 0.6) is 23.0 Å². The summed E-state index contributed by atoms with van der Waals surface area (Å²) in [6.45, 7) is -0.306. The third-order valence-electron chi connectivity index (χ3n) is 7.00. The van der Waals surface area contributed by atoms with Crippen LogP contribution in [0.25, 0.3) is 0 Å². The Labute approximate surface area is 202 Å². The maximum absolute atomic E-state index is 10.5. The highest BCUT2D eigenvalue weighted by Gasteiger charge is 2.42. The van der Waals surface area contributed by atoms with Gasteiger partial charge in [0.1, 0.15) is 18.3 Å². The van der Waals surface area contributed by atoms with Crippen molar-refractivity contribution in [2.75, 3.05) is 34.0 Å². The molecule has 0 aromatic heterocycles. The Morgan fingerprint density at radius 1 is 0.943 bits per heavy atom. The van der Waals surface area contributed by atoms with Gasteiger partial charge in [-0.15, -0.1) is 0 Å². The van der Waals surface area contributed by atoms with Crippen molar-refractivity contribution >= 4 is 0 Å². The molecule has 2 aromatic carbocycles. The lowest BCUT2D eigenvalue weighted by atomic mass is 9.67. The number of phenols is 2. The lowest BCUT2D eigenvalue weighted by Crippen LogP contribution is -2.54. The summed E-state index contributed by atoms with van der Waals surface area (Å²) in [5, 5.41) is 60.9. The molecule has 10 heteroatoms. The molecule has 0 saturated carbocycles. The summed E-state index contributed by atoms with van der Waals surface area (Å²) in [4.78, 5) is 0. The van der Waals surface area contributed by atoms with E-state index in [1.54, 1.807) is 24.3 Å². The normalized spacial score (nSPS) is 30.5. The number of phenolic OH excluding ortho intramolecular Hbond substituents is 2. The van der Waals surface area contributed by atoms with Crippen molar-refractivity contribution < 1.29 is 49.6 Å². The van der Waals surface area contributed by atoms with Crippen LogP contribution in [-0.4, -0.2) is 89.3 Å². The van der Waals surface area contributed by atoms with Gasteiger partial charge in [-0.05, 0) is 59.2 Å². The van der Waals surface area contributed by atoms with Gasteiger partial charge in [-0.3, -0.25) is 0 Å². The number of benzene rings is 2. The average Bonchev–Trinajstić information content (AvgIpc) is 2.86. The minimum atomic E-state index is -1.44. The molecule has 2 aliphatic rings. The zero-order valence-electron chi connectivity index (χ0n) is 19.6. The molecule has 2 aromatic rings. The summed E-state index contributed by atoms with van der Waals surface area (Å²) in [6, 6.07) is 8.34. The van der Waals surface area contributed by atoms with Gasteiger partial charge in [0.2, 0.25) is 0 Å². The maximum Gasteiger partial charge on any atom is 0.186 e. The molecule has 0 spiro atoms. The summed E-state index contributed by atoms with van der Waals surface area (Å²) >= 11 is 0. The predicted octanol–water partition coefficient (Wildman–Crippen LogP) is 0.483. The highest BCUT2D eigenvalue weighted by molar-refractivity contribution is 5.53. The van der Waals surface area contributed by atoms with E-state index in [-0.39, 0.29) is 48.9 Å². The molecular formula is C25H32O10. The van der Waals surface area contributed by atoms with E-state index < -0.39 is 30.5 Å². The van der Waals surface area contributed by atoms with Crippen LogP contribution in [-0.2, 0) is 15.9 Å². The Hall–Kier alpha value is -2.60. The topological polar surface area (TPSA) is 158 Å². The number of aliphatic hydroxyl groups excluding tert-OH is 4. The highest BCUT2D eigenvalue weighted by Crippen LogP contribution is 2.48. The van der Waals surface area contributed by atoms with E-state index in [1.807, 2.05) is 0 Å². The van der Waals surface area contributed by atoms with E-state index in [1.165, 1.54) is 20.3 Å². The molecule has 0 bridgehead atoms. The number of methoxy groups -OCH3 is 2. The lowest BCUT2D eigenvalue weighted by Gasteiger charge is -2.41. The third-order valence-corrected chi connectivity index (χ3v) is 7.00. The molecular weight excluding hydrogens is 460 g/mol. The standard InChI is InChI=1S/C25H32O10/c1-32-20-6-12(3-4-17(20)27)22-15-8-18(28)21(33-2)7-13(15)5-14(9-26)16(22)10-34-25-24(31)23(30)19(29)11-35-25/h3-4,6-8,14,16,19,22-31H,5,9-11H2,1-2H3/t14-,16-,19-,22-,23+,24-,25-/m1/s1. The van der Waals surface area contributed by atoms with Gasteiger partial charge in [-0.1, -0.05) is 6.07 Å². The summed E-state index contributed by atoms with van der Waals surface area (Å²) in [5.74, 6) is -0.459. The van der Waals surface area contributed by atoms with Crippen LogP contribution < -0.4 is 9.47 Å². The molecule has 7 atom stereocenters. The predicted molar refractivity (Wildman–Crippen MR) is 123 cm³/mol. The number of hydrogen-bond donors (Lipinski definition) is 6. The van der Waals surface area contributed by atoms with Gasteiger partial charge < -0.3 is 49.6 Å². The molecule has 1 fully saturated rings. The van der Waals surface area contributed by atoms with Crippen LogP contribution in [0.4, 0.5) is 0 Å². The van der Waals surface area contributed by atoms with E-state index in [0.29, 0.717) is 12.2 Å². The highest BCUT2D eigenvalue weighted by atomic mass is 16.7. The number of aromatic hydroxyl groups is 2. The fourth-order valence-corrected chi connectivity index (χ4v) is 5.07. The van der Waals surface area contributed by atoms with Gasteiger partial charge in [-0.25, -0.2) is 0 Å². The second kappa shape index (κ2) is 10.6. The molecule has 192 valence electrons. The van der Waals surface area contributed by atoms with Crippen molar-refractivity contribution in [1.29, 1.82) is 0 Å². The summed E-state index contributed by atoms with van der Waals surface area (Å²) in [6.07, 6.45) is -4.74. The largest absolute Gasteiger partial charge is 0.504 e. The third kappa shape index (κ3) is 4.90. The van der Waals surface area contributed by atoms with Crippen LogP contribution in [0, 0.1) is 11.8 Å². The Morgan fingerprint density at radius 2 is 1.66 bits per heavy atom. The van der Waals surface area contributed by atoms with Gasteiger partial charge in [-0.2, -0.15) is 0 Å². The van der Waals surface area contributed by atoms with E-state index in [4.69, 9.17) is 18.9 Å². The number of rotatable bonds is 7. The molecule has 1 heterocycles. The van der Waals surface area contributed by atoms with E-state index in [2.05, 4.69) is 0 Å². The molecule has 1 aliphatic heterocycles. The molecule has 0 amide bonds. The molecule has 1 saturated heterocycles. The van der Waals surface area contributed by atoms with E-state index in [9.17, 15) is 30.6 Å². The minimum Gasteiger partial charge on any atom is -0.504 e. The lowest BCUT2D eigenvalue weighted by molar-refractivity contribution is -0.274. The fraction of sp³-hybridized carbons (Fsp3) is 0.520. The monoisotopic (exact) mass is 492 g/mol. The van der Waals surface area contributed by atoms with Gasteiger partial charge in [0.05, 0.1) is 27.4 Å². The summed E-state index contributed by atoms with van der Waals surface area (Å²) in [5.41, 5.74) is 2.45. The van der Waals surface area contributed by atoms with Crippen molar-refractivity contribution in [3.63, 3.8) is 0 Å². The molecule has 10 nitrogen and oxygen atoms in total. The van der Waals surface area contributed by atoms with Gasteiger partial charge in [0.15, 0.2) is 29.3 Å². The molecule has 0 radical (unpaired) electrons. The van der Waals surface area contributed by atoms with Crippen molar-refractivity contribution in [1.82, 2.24) is 0 Å². The Kier molecular flexibility index (Phi) is 7.70. The molecule has 0 unspecified atom stereocenters. The Morgan fingerprint density at radius 3 is 2.34 bits per heavy atom. The Bertz CT molecular complexity index is 1030. The second-order valence-electron chi connectivity index (χ2n) is 9.03. The summed E-state index contributed by atoms with van der Waals surface area (Å²) < 4.78 is 21.9. The maximum atomic E-state index is 10.5. The first-order valence-corrected chi connectivity index (χ1v) is 11.4. The van der Waals surface area contributed by atoms with Crippen molar-refractivity contribution in [3.8, 4) is 23.0 Å². The smallest absolute Gasteiger partial charge is 0.186 e. The minimum absolute atomic E-state index is 0.0253. The number of ether oxygens (including phenoxy) is 4. The van der Waals surface area contributed by atoms with Crippen LogP contribution in [0.2, 0.25) is 0 Å². The van der Waals surface area contributed by atoms with Crippen molar-refractivity contribution in [2.24, 2.45) is 11.8 Å². The fourth-order valence-electron chi connectivity index (χ4n) is 5.07. The zero-order valence-corrected chi connectivity index (χ0v) is 19.6. The van der Waals surface area contributed by atoms with Gasteiger partial charge in [0, 0.05) is 12.5 Å². The molecule has 1 aliphatic carbocycles. The summed E-state index contributed by atoms with van der Waals surface area (Å²) in [7, 11) is 2.91. The van der Waals surface area contributed by atoms with E-state index >= 15 is 0 Å².